The van der Waals surface area contributed by atoms with E-state index >= 15 is 0 Å². The summed E-state index contributed by atoms with van der Waals surface area (Å²) in [5, 5.41) is 10.2. The van der Waals surface area contributed by atoms with E-state index in [4.69, 9.17) is 5.73 Å². The molecule has 1 unspecified atom stereocenters. The van der Waals surface area contributed by atoms with E-state index in [9.17, 15) is 5.11 Å². The first kappa shape index (κ1) is 26.6. The molecule has 3 nitrogen and oxygen atoms in total. The zero-order valence-electron chi connectivity index (χ0n) is 23.1. The van der Waals surface area contributed by atoms with Crippen molar-refractivity contribution in [1.29, 1.82) is 0 Å². The van der Waals surface area contributed by atoms with Crippen LogP contribution in [0.15, 0.2) is 72.8 Å². The summed E-state index contributed by atoms with van der Waals surface area (Å²) < 4.78 is 0. The second-order valence-corrected chi connectivity index (χ2v) is 11.4. The average molecular weight is 509 g/mol. The maximum atomic E-state index is 10.2. The molecular weight excluding hydrogens is 464 g/mol. The molecule has 1 fully saturated rings. The van der Waals surface area contributed by atoms with E-state index in [-0.39, 0.29) is 0 Å². The Balaban J connectivity index is 1.46. The number of hydrogen-bond donors (Lipinski definition) is 2. The normalized spacial score (nSPS) is 20.1. The van der Waals surface area contributed by atoms with Crippen molar-refractivity contribution in [1.82, 2.24) is 0 Å². The van der Waals surface area contributed by atoms with Gasteiger partial charge < -0.3 is 15.7 Å². The van der Waals surface area contributed by atoms with Gasteiger partial charge in [-0.3, -0.25) is 0 Å². The number of nitrogens with two attached hydrogens (primary N) is 1. The summed E-state index contributed by atoms with van der Waals surface area (Å²) in [7, 11) is 0. The highest BCUT2D eigenvalue weighted by molar-refractivity contribution is 6.00. The van der Waals surface area contributed by atoms with Gasteiger partial charge >= 0.3 is 0 Å². The molecule has 0 bridgehead atoms. The Morgan fingerprint density at radius 3 is 2.42 bits per heavy atom. The van der Waals surface area contributed by atoms with Gasteiger partial charge in [0.15, 0.2) is 0 Å². The summed E-state index contributed by atoms with van der Waals surface area (Å²) in [5.41, 5.74) is 15.5. The Morgan fingerprint density at radius 2 is 1.66 bits per heavy atom. The van der Waals surface area contributed by atoms with Crippen LogP contribution in [0, 0.1) is 5.41 Å². The van der Waals surface area contributed by atoms with E-state index in [1.165, 1.54) is 77.6 Å². The zero-order chi connectivity index (χ0) is 26.4. The number of nitrogens with zero attached hydrogens (tertiary/aromatic N) is 1. The third-order valence-corrected chi connectivity index (χ3v) is 8.91. The molecule has 1 aliphatic heterocycles. The molecule has 1 atom stereocenters. The number of benzene rings is 3. The van der Waals surface area contributed by atoms with Crippen molar-refractivity contribution in [3.05, 3.63) is 95.1 Å². The van der Waals surface area contributed by atoms with Crippen molar-refractivity contribution in [2.45, 2.75) is 71.1 Å². The lowest BCUT2D eigenvalue weighted by Crippen LogP contribution is -2.27. The lowest BCUT2D eigenvalue weighted by atomic mass is 9.73. The molecule has 3 heteroatoms. The highest BCUT2D eigenvalue weighted by Gasteiger charge is 2.31. The van der Waals surface area contributed by atoms with E-state index < -0.39 is 0 Å². The molecule has 38 heavy (non-hydrogen) atoms. The van der Waals surface area contributed by atoms with Crippen molar-refractivity contribution < 1.29 is 5.11 Å². The van der Waals surface area contributed by atoms with Gasteiger partial charge in [0.25, 0.3) is 0 Å². The molecule has 200 valence electrons. The SMILES string of the molecule is CCCC1(CCCN)CCCN(c2ccc(C3=C(c4ccccc4)CCCc4cc(O)ccc43)cc2)CC1. The van der Waals surface area contributed by atoms with Gasteiger partial charge in [-0.2, -0.15) is 0 Å². The fourth-order valence-electron chi connectivity index (χ4n) is 7.02. The van der Waals surface area contributed by atoms with Crippen LogP contribution in [-0.2, 0) is 6.42 Å². The maximum absolute atomic E-state index is 10.2. The van der Waals surface area contributed by atoms with Crippen molar-refractivity contribution >= 4 is 16.8 Å². The Bertz CT molecular complexity index is 1230. The minimum atomic E-state index is 0.355. The van der Waals surface area contributed by atoms with Crippen molar-refractivity contribution in [3.63, 3.8) is 0 Å². The molecule has 1 heterocycles. The van der Waals surface area contributed by atoms with Gasteiger partial charge in [-0.1, -0.05) is 61.9 Å². The molecule has 3 aromatic rings. The first-order chi connectivity index (χ1) is 18.6. The van der Waals surface area contributed by atoms with Crippen LogP contribution in [0.5, 0.6) is 5.75 Å². The van der Waals surface area contributed by atoms with Gasteiger partial charge in [-0.05, 0) is 127 Å². The molecule has 3 aromatic carbocycles. The van der Waals surface area contributed by atoms with Crippen LogP contribution in [0.1, 0.15) is 87.0 Å². The quantitative estimate of drug-likeness (QED) is 0.322. The van der Waals surface area contributed by atoms with Gasteiger partial charge in [0.2, 0.25) is 0 Å². The van der Waals surface area contributed by atoms with Crippen LogP contribution in [0.3, 0.4) is 0 Å². The summed E-state index contributed by atoms with van der Waals surface area (Å²) in [6.07, 6.45) is 12.0. The molecule has 1 aliphatic carbocycles. The van der Waals surface area contributed by atoms with E-state index in [1.54, 1.807) is 0 Å². The Labute approximate surface area is 229 Å². The van der Waals surface area contributed by atoms with E-state index in [2.05, 4.69) is 72.5 Å². The van der Waals surface area contributed by atoms with Crippen molar-refractivity contribution in [2.24, 2.45) is 11.1 Å². The van der Waals surface area contributed by atoms with Crippen LogP contribution in [0.25, 0.3) is 11.1 Å². The minimum absolute atomic E-state index is 0.355. The highest BCUT2D eigenvalue weighted by atomic mass is 16.3. The fourth-order valence-corrected chi connectivity index (χ4v) is 7.02. The number of anilines is 1. The standard InChI is InChI=1S/C35H44N2O/c1-2-19-35(20-7-23-36)21-8-24-37(25-22-35)30-15-13-28(14-16-30)34-32(27-9-4-3-5-10-27)12-6-11-29-26-31(38)17-18-33(29)34/h3-5,9-10,13-18,26,38H,2,6-8,11-12,19-25,36H2,1H3. The Morgan fingerprint density at radius 1 is 0.842 bits per heavy atom. The van der Waals surface area contributed by atoms with E-state index in [0.29, 0.717) is 11.2 Å². The second-order valence-electron chi connectivity index (χ2n) is 11.4. The molecular formula is C35H44N2O. The van der Waals surface area contributed by atoms with Crippen molar-refractivity contribution in [2.75, 3.05) is 24.5 Å². The van der Waals surface area contributed by atoms with Gasteiger partial charge in [0.05, 0.1) is 0 Å². The van der Waals surface area contributed by atoms with Gasteiger partial charge in [0, 0.05) is 18.8 Å². The number of phenolic OH excluding ortho intramolecular Hbond substituents is 1. The van der Waals surface area contributed by atoms with Gasteiger partial charge in [0.1, 0.15) is 5.75 Å². The summed E-state index contributed by atoms with van der Waals surface area (Å²) in [6, 6.07) is 26.1. The predicted molar refractivity (Wildman–Crippen MR) is 162 cm³/mol. The molecule has 0 saturated carbocycles. The number of phenols is 1. The number of allylic oxidation sites excluding steroid dienone is 1. The zero-order valence-corrected chi connectivity index (χ0v) is 23.1. The minimum Gasteiger partial charge on any atom is -0.508 e. The predicted octanol–water partition coefficient (Wildman–Crippen LogP) is 8.20. The third kappa shape index (κ3) is 5.83. The molecule has 0 radical (unpaired) electrons. The Hall–Kier alpha value is -3.04. The molecule has 0 aromatic heterocycles. The largest absolute Gasteiger partial charge is 0.508 e. The lowest BCUT2D eigenvalue weighted by molar-refractivity contribution is 0.204. The summed E-state index contributed by atoms with van der Waals surface area (Å²) >= 11 is 0. The molecule has 1 saturated heterocycles. The molecule has 5 rings (SSSR count). The summed E-state index contributed by atoms with van der Waals surface area (Å²) in [5.74, 6) is 0.355. The molecule has 0 amide bonds. The lowest BCUT2D eigenvalue weighted by Gasteiger charge is -2.33. The number of rotatable bonds is 8. The molecule has 0 spiro atoms. The average Bonchev–Trinajstić information content (AvgIpc) is 3.27. The second kappa shape index (κ2) is 12.2. The monoisotopic (exact) mass is 508 g/mol. The number of aryl methyl sites for hydroxylation is 1. The van der Waals surface area contributed by atoms with Crippen LogP contribution >= 0.6 is 0 Å². The van der Waals surface area contributed by atoms with E-state index in [1.807, 2.05) is 12.1 Å². The van der Waals surface area contributed by atoms with Crippen LogP contribution in [0.2, 0.25) is 0 Å². The number of aromatic hydroxyl groups is 1. The highest BCUT2D eigenvalue weighted by Crippen LogP contribution is 2.43. The van der Waals surface area contributed by atoms with Crippen molar-refractivity contribution in [3.8, 4) is 5.75 Å². The third-order valence-electron chi connectivity index (χ3n) is 8.91. The smallest absolute Gasteiger partial charge is 0.115 e. The van der Waals surface area contributed by atoms with Gasteiger partial charge in [-0.25, -0.2) is 0 Å². The first-order valence-corrected chi connectivity index (χ1v) is 14.8. The fraction of sp³-hybridized carbons (Fsp3) is 0.429. The number of fused-ring (bicyclic) bond motifs is 1. The summed E-state index contributed by atoms with van der Waals surface area (Å²) in [4.78, 5) is 2.61. The van der Waals surface area contributed by atoms with Crippen LogP contribution in [0.4, 0.5) is 5.69 Å². The summed E-state index contributed by atoms with van der Waals surface area (Å²) in [6.45, 7) is 5.40. The maximum Gasteiger partial charge on any atom is 0.115 e. The van der Waals surface area contributed by atoms with Gasteiger partial charge in [-0.15, -0.1) is 0 Å². The topological polar surface area (TPSA) is 49.5 Å². The van der Waals surface area contributed by atoms with Crippen LogP contribution < -0.4 is 10.6 Å². The molecule has 2 aliphatic rings. The Kier molecular flexibility index (Phi) is 8.54. The van der Waals surface area contributed by atoms with E-state index in [0.717, 1.165) is 45.3 Å². The van der Waals surface area contributed by atoms with Crippen LogP contribution in [-0.4, -0.2) is 24.7 Å². The molecule has 3 N–H and O–H groups in total. The number of hydrogen-bond acceptors (Lipinski definition) is 3. The first-order valence-electron chi connectivity index (χ1n) is 14.8.